The van der Waals surface area contributed by atoms with Gasteiger partial charge in [0.15, 0.2) is 0 Å². The first-order chi connectivity index (χ1) is 9.24. The van der Waals surface area contributed by atoms with Crippen LogP contribution in [-0.4, -0.2) is 10.8 Å². The number of hydrogen-bond donors (Lipinski definition) is 0. The highest BCUT2D eigenvalue weighted by molar-refractivity contribution is 5.80. The van der Waals surface area contributed by atoms with Crippen molar-refractivity contribution in [1.29, 1.82) is 0 Å². The minimum absolute atomic E-state index is 0.384. The topological polar surface area (TPSA) is 30.0 Å². The third kappa shape index (κ3) is 2.88. The number of carbonyl (C=O) groups excluding carboxylic acids is 1. The van der Waals surface area contributed by atoms with Gasteiger partial charge in [0.05, 0.1) is 0 Å². The lowest BCUT2D eigenvalue weighted by molar-refractivity contribution is -0.119. The third-order valence-corrected chi connectivity index (χ3v) is 5.05. The van der Waals surface area contributed by atoms with Gasteiger partial charge in [0.1, 0.15) is 5.78 Å². The summed E-state index contributed by atoms with van der Waals surface area (Å²) < 4.78 is 0. The minimum Gasteiger partial charge on any atom is -0.299 e. The molecular formula is C17H23NO. The average Bonchev–Trinajstić information content (AvgIpc) is 3.02. The van der Waals surface area contributed by atoms with Gasteiger partial charge in [0.2, 0.25) is 0 Å². The maximum absolute atomic E-state index is 12.2. The van der Waals surface area contributed by atoms with E-state index in [0.29, 0.717) is 18.1 Å². The number of fused-ring (bicyclic) bond motifs is 2. The van der Waals surface area contributed by atoms with Gasteiger partial charge >= 0.3 is 0 Å². The second-order valence-corrected chi connectivity index (χ2v) is 6.37. The average molecular weight is 257 g/mol. The molecule has 2 aliphatic carbocycles. The van der Waals surface area contributed by atoms with Gasteiger partial charge in [-0.3, -0.25) is 9.78 Å². The van der Waals surface area contributed by atoms with E-state index in [9.17, 15) is 4.79 Å². The van der Waals surface area contributed by atoms with E-state index < -0.39 is 0 Å². The zero-order valence-electron chi connectivity index (χ0n) is 11.8. The number of Topliss-reactive ketones (excluding diaryl/α,β-unsaturated/α-hetero) is 1. The summed E-state index contributed by atoms with van der Waals surface area (Å²) in [7, 11) is 0. The van der Waals surface area contributed by atoms with Crippen molar-refractivity contribution in [2.75, 3.05) is 0 Å². The van der Waals surface area contributed by atoms with Crippen LogP contribution in [-0.2, 0) is 17.6 Å². The Bertz CT molecular complexity index is 451. The summed E-state index contributed by atoms with van der Waals surface area (Å²) in [6.45, 7) is 2.12. The number of aromatic nitrogens is 1. The van der Waals surface area contributed by atoms with Gasteiger partial charge < -0.3 is 0 Å². The van der Waals surface area contributed by atoms with Crippen LogP contribution in [0.25, 0.3) is 0 Å². The normalized spacial score (nSPS) is 28.8. The third-order valence-electron chi connectivity index (χ3n) is 5.05. The highest BCUT2D eigenvalue weighted by Gasteiger charge is 2.39. The van der Waals surface area contributed by atoms with Crippen molar-refractivity contribution in [3.05, 3.63) is 29.6 Å². The Balaban J connectivity index is 1.53. The predicted molar refractivity (Wildman–Crippen MR) is 75.9 cm³/mol. The van der Waals surface area contributed by atoms with Crippen molar-refractivity contribution in [1.82, 2.24) is 4.98 Å². The molecule has 0 N–H and O–H groups in total. The van der Waals surface area contributed by atoms with Crippen LogP contribution >= 0.6 is 0 Å². The van der Waals surface area contributed by atoms with Crippen LogP contribution in [0.1, 0.15) is 50.3 Å². The van der Waals surface area contributed by atoms with E-state index in [1.165, 1.54) is 31.2 Å². The lowest BCUT2D eigenvalue weighted by Crippen LogP contribution is -2.16. The van der Waals surface area contributed by atoms with Crippen molar-refractivity contribution >= 4 is 5.78 Å². The van der Waals surface area contributed by atoms with E-state index in [1.807, 2.05) is 12.3 Å². The Hall–Kier alpha value is -1.18. The van der Waals surface area contributed by atoms with E-state index in [4.69, 9.17) is 0 Å². The molecule has 3 rings (SSSR count). The minimum atomic E-state index is 0.384. The molecule has 0 spiro atoms. The Labute approximate surface area is 115 Å². The summed E-state index contributed by atoms with van der Waals surface area (Å²) in [5.41, 5.74) is 2.18. The molecule has 2 heteroatoms. The first-order valence-corrected chi connectivity index (χ1v) is 7.70. The summed E-state index contributed by atoms with van der Waals surface area (Å²) >= 11 is 0. The Kier molecular flexibility index (Phi) is 3.67. The van der Waals surface area contributed by atoms with Crippen LogP contribution in [0.3, 0.4) is 0 Å². The summed E-state index contributed by atoms with van der Waals surface area (Å²) in [4.78, 5) is 16.6. The molecule has 0 aliphatic heterocycles. The van der Waals surface area contributed by atoms with Crippen molar-refractivity contribution in [2.24, 2.45) is 17.8 Å². The van der Waals surface area contributed by atoms with Crippen molar-refractivity contribution in [3.8, 4) is 0 Å². The molecule has 2 bridgehead atoms. The molecular weight excluding hydrogens is 234 g/mol. The number of rotatable bonds is 5. The van der Waals surface area contributed by atoms with Crippen LogP contribution < -0.4 is 0 Å². The van der Waals surface area contributed by atoms with Gasteiger partial charge in [-0.25, -0.2) is 0 Å². The first-order valence-electron chi connectivity index (χ1n) is 7.70. The maximum Gasteiger partial charge on any atom is 0.139 e. The summed E-state index contributed by atoms with van der Waals surface area (Å²) in [6.07, 6.45) is 9.70. The van der Waals surface area contributed by atoms with E-state index in [2.05, 4.69) is 18.0 Å². The fraction of sp³-hybridized carbons (Fsp3) is 0.647. The Morgan fingerprint density at radius 3 is 2.79 bits per heavy atom. The number of nitrogens with zero attached hydrogens (tertiary/aromatic N) is 1. The predicted octanol–water partition coefficient (Wildman–Crippen LogP) is 3.58. The molecule has 2 nitrogen and oxygen atoms in total. The van der Waals surface area contributed by atoms with E-state index in [1.54, 1.807) is 0 Å². The molecule has 0 radical (unpaired) electrons. The van der Waals surface area contributed by atoms with Crippen molar-refractivity contribution in [3.63, 3.8) is 0 Å². The Morgan fingerprint density at radius 1 is 1.32 bits per heavy atom. The van der Waals surface area contributed by atoms with E-state index in [-0.39, 0.29) is 0 Å². The second kappa shape index (κ2) is 5.44. The van der Waals surface area contributed by atoms with Crippen molar-refractivity contribution < 1.29 is 4.79 Å². The SMILES string of the molecule is CCc1ccc(CC(=O)CC2CC3CCC2C3)nc1. The van der Waals surface area contributed by atoms with Gasteiger partial charge in [-0.2, -0.15) is 0 Å². The van der Waals surface area contributed by atoms with Crippen LogP contribution in [0.5, 0.6) is 0 Å². The van der Waals surface area contributed by atoms with Crippen LogP contribution in [0, 0.1) is 17.8 Å². The molecule has 3 unspecified atom stereocenters. The van der Waals surface area contributed by atoms with Gasteiger partial charge in [0, 0.05) is 24.7 Å². The molecule has 102 valence electrons. The molecule has 2 fully saturated rings. The molecule has 1 aromatic rings. The Morgan fingerprint density at radius 2 is 2.21 bits per heavy atom. The second-order valence-electron chi connectivity index (χ2n) is 6.37. The molecule has 2 aliphatic rings. The number of pyridine rings is 1. The van der Waals surface area contributed by atoms with Gasteiger partial charge in [-0.1, -0.05) is 19.4 Å². The fourth-order valence-corrected chi connectivity index (χ4v) is 3.96. The van der Waals surface area contributed by atoms with Gasteiger partial charge in [-0.15, -0.1) is 0 Å². The fourth-order valence-electron chi connectivity index (χ4n) is 3.96. The zero-order chi connectivity index (χ0) is 13.2. The number of carbonyl (C=O) groups is 1. The summed E-state index contributed by atoms with van der Waals surface area (Å²) in [5.74, 6) is 2.85. The van der Waals surface area contributed by atoms with E-state index >= 15 is 0 Å². The number of ketones is 1. The summed E-state index contributed by atoms with van der Waals surface area (Å²) in [6, 6.07) is 4.10. The lowest BCUT2D eigenvalue weighted by atomic mass is 9.84. The quantitative estimate of drug-likeness (QED) is 0.807. The molecule has 0 amide bonds. The lowest BCUT2D eigenvalue weighted by Gasteiger charge is -2.20. The van der Waals surface area contributed by atoms with Crippen LogP contribution in [0.2, 0.25) is 0 Å². The highest BCUT2D eigenvalue weighted by Crippen LogP contribution is 2.49. The molecule has 1 heterocycles. The zero-order valence-corrected chi connectivity index (χ0v) is 11.8. The molecule has 0 aromatic carbocycles. The molecule has 19 heavy (non-hydrogen) atoms. The highest BCUT2D eigenvalue weighted by atomic mass is 16.1. The monoisotopic (exact) mass is 257 g/mol. The largest absolute Gasteiger partial charge is 0.299 e. The van der Waals surface area contributed by atoms with Crippen LogP contribution in [0.15, 0.2) is 18.3 Å². The molecule has 1 aromatic heterocycles. The smallest absolute Gasteiger partial charge is 0.139 e. The first kappa shape index (κ1) is 12.8. The van der Waals surface area contributed by atoms with Gasteiger partial charge in [-0.05, 0) is 55.1 Å². The van der Waals surface area contributed by atoms with Crippen LogP contribution in [0.4, 0.5) is 0 Å². The maximum atomic E-state index is 12.2. The number of hydrogen-bond acceptors (Lipinski definition) is 2. The summed E-state index contributed by atoms with van der Waals surface area (Å²) in [5, 5.41) is 0. The van der Waals surface area contributed by atoms with Gasteiger partial charge in [0.25, 0.3) is 0 Å². The van der Waals surface area contributed by atoms with E-state index in [0.717, 1.165) is 30.4 Å². The molecule has 2 saturated carbocycles. The standard InChI is InChI=1S/C17H23NO/c1-2-12-4-6-16(18-11-12)10-17(19)9-15-8-13-3-5-14(15)7-13/h4,6,11,13-15H,2-3,5,7-10H2,1H3. The molecule has 3 atom stereocenters. The van der Waals surface area contributed by atoms with Crippen molar-refractivity contribution in [2.45, 2.75) is 51.9 Å². The number of aryl methyl sites for hydroxylation is 1. The molecule has 0 saturated heterocycles.